The summed E-state index contributed by atoms with van der Waals surface area (Å²) in [6.45, 7) is 0.712. The minimum Gasteiger partial charge on any atom is -0.495 e. The van der Waals surface area contributed by atoms with E-state index in [4.69, 9.17) is 16.3 Å². The third-order valence-electron chi connectivity index (χ3n) is 6.32. The van der Waals surface area contributed by atoms with Gasteiger partial charge in [0.25, 0.3) is 15.9 Å². The third-order valence-corrected chi connectivity index (χ3v) is 8.17. The molecule has 0 aromatic heterocycles. The molecule has 6 nitrogen and oxygen atoms in total. The van der Waals surface area contributed by atoms with Gasteiger partial charge >= 0.3 is 0 Å². The number of para-hydroxylation sites is 2. The first-order valence-electron chi connectivity index (χ1n) is 10.7. The van der Waals surface area contributed by atoms with Crippen molar-refractivity contribution >= 4 is 33.2 Å². The van der Waals surface area contributed by atoms with Gasteiger partial charge < -0.3 is 9.64 Å². The number of carbonyl (C=O) groups excluding carboxylic acids is 1. The highest BCUT2D eigenvalue weighted by Gasteiger charge is 2.36. The SMILES string of the molecule is COc1ccccc1NS(=O)(=O)c1cc(C(=O)N2CCCC2C2CCCC2)ccc1Cl. The number of amides is 1. The standard InChI is InChI=1S/C23H27ClN2O4S/c1-30-21-11-5-4-9-19(21)25-31(28,29)22-15-17(12-13-18(22)24)23(27)26-14-6-10-20(26)16-7-2-3-8-16/h4-5,9,11-13,15-16,20,25H,2-3,6-8,10,14H2,1H3. The number of ether oxygens (including phenoxy) is 1. The molecule has 166 valence electrons. The van der Waals surface area contributed by atoms with Crippen LogP contribution >= 0.6 is 11.6 Å². The summed E-state index contributed by atoms with van der Waals surface area (Å²) in [5.74, 6) is 0.819. The Balaban J connectivity index is 1.61. The van der Waals surface area contributed by atoms with E-state index in [-0.39, 0.29) is 21.9 Å². The lowest BCUT2D eigenvalue weighted by Crippen LogP contribution is -2.39. The molecule has 1 saturated heterocycles. The van der Waals surface area contributed by atoms with E-state index in [2.05, 4.69) is 4.72 Å². The molecule has 2 aromatic carbocycles. The van der Waals surface area contributed by atoms with Crippen LogP contribution in [0.2, 0.25) is 5.02 Å². The van der Waals surface area contributed by atoms with Gasteiger partial charge in [0.05, 0.1) is 17.8 Å². The average molecular weight is 463 g/mol. The fraction of sp³-hybridized carbons (Fsp3) is 0.435. The predicted octanol–water partition coefficient (Wildman–Crippen LogP) is 4.94. The Kier molecular flexibility index (Phi) is 6.44. The van der Waals surface area contributed by atoms with Gasteiger partial charge in [0.2, 0.25) is 0 Å². The van der Waals surface area contributed by atoms with Crippen molar-refractivity contribution in [3.8, 4) is 5.75 Å². The number of hydrogen-bond donors (Lipinski definition) is 1. The second-order valence-electron chi connectivity index (χ2n) is 8.20. The number of benzene rings is 2. The lowest BCUT2D eigenvalue weighted by Gasteiger charge is -2.29. The zero-order valence-electron chi connectivity index (χ0n) is 17.5. The molecule has 1 amide bonds. The summed E-state index contributed by atoms with van der Waals surface area (Å²) >= 11 is 6.24. The molecule has 31 heavy (non-hydrogen) atoms. The molecule has 2 aromatic rings. The lowest BCUT2D eigenvalue weighted by molar-refractivity contribution is 0.0689. The van der Waals surface area contributed by atoms with Crippen LogP contribution in [0.3, 0.4) is 0 Å². The molecule has 4 rings (SSSR count). The summed E-state index contributed by atoms with van der Waals surface area (Å²) in [5.41, 5.74) is 0.647. The molecule has 2 fully saturated rings. The fourth-order valence-electron chi connectivity index (χ4n) is 4.81. The Morgan fingerprint density at radius 2 is 1.84 bits per heavy atom. The summed E-state index contributed by atoms with van der Waals surface area (Å²) in [5, 5.41) is 0.0627. The molecule has 0 radical (unpaired) electrons. The Morgan fingerprint density at radius 3 is 2.58 bits per heavy atom. The Bertz CT molecular complexity index is 1070. The molecule has 1 aliphatic heterocycles. The number of sulfonamides is 1. The van der Waals surface area contributed by atoms with Crippen LogP contribution in [-0.2, 0) is 10.0 Å². The van der Waals surface area contributed by atoms with Crippen molar-refractivity contribution in [2.75, 3.05) is 18.4 Å². The molecular weight excluding hydrogens is 436 g/mol. The van der Waals surface area contributed by atoms with Crippen LogP contribution in [0.4, 0.5) is 5.69 Å². The van der Waals surface area contributed by atoms with Gasteiger partial charge in [-0.15, -0.1) is 0 Å². The normalized spacial score (nSPS) is 19.5. The number of nitrogens with one attached hydrogen (secondary N) is 1. The van der Waals surface area contributed by atoms with Crippen molar-refractivity contribution in [2.45, 2.75) is 49.5 Å². The Morgan fingerprint density at radius 1 is 1.10 bits per heavy atom. The van der Waals surface area contributed by atoms with Crippen molar-refractivity contribution in [3.05, 3.63) is 53.1 Å². The van der Waals surface area contributed by atoms with E-state index in [9.17, 15) is 13.2 Å². The largest absolute Gasteiger partial charge is 0.495 e. The van der Waals surface area contributed by atoms with E-state index in [0.717, 1.165) is 25.7 Å². The highest BCUT2D eigenvalue weighted by molar-refractivity contribution is 7.92. The van der Waals surface area contributed by atoms with E-state index < -0.39 is 10.0 Å². The quantitative estimate of drug-likeness (QED) is 0.659. The van der Waals surface area contributed by atoms with E-state index in [1.165, 1.54) is 32.1 Å². The van der Waals surface area contributed by atoms with Gasteiger partial charge in [-0.05, 0) is 61.9 Å². The van der Waals surface area contributed by atoms with Crippen LogP contribution in [0.25, 0.3) is 0 Å². The molecule has 0 spiro atoms. The number of carbonyl (C=O) groups is 1. The number of anilines is 1. The summed E-state index contributed by atoms with van der Waals surface area (Å²) in [7, 11) is -2.55. The lowest BCUT2D eigenvalue weighted by atomic mass is 9.95. The molecule has 2 aliphatic rings. The van der Waals surface area contributed by atoms with Crippen molar-refractivity contribution in [2.24, 2.45) is 5.92 Å². The first-order chi connectivity index (χ1) is 14.9. The first kappa shape index (κ1) is 22.0. The molecule has 1 saturated carbocycles. The minimum absolute atomic E-state index is 0.0627. The van der Waals surface area contributed by atoms with Crippen LogP contribution in [0.5, 0.6) is 5.75 Å². The minimum atomic E-state index is -4.02. The number of methoxy groups -OCH3 is 1. The first-order valence-corrected chi connectivity index (χ1v) is 12.5. The number of halogens is 1. The van der Waals surface area contributed by atoms with Gasteiger partial charge in [-0.3, -0.25) is 9.52 Å². The molecule has 0 bridgehead atoms. The number of hydrogen-bond acceptors (Lipinski definition) is 4. The van der Waals surface area contributed by atoms with Crippen LogP contribution in [0, 0.1) is 5.92 Å². The highest BCUT2D eigenvalue weighted by Crippen LogP contribution is 2.36. The fourth-order valence-corrected chi connectivity index (χ4v) is 6.41. The highest BCUT2D eigenvalue weighted by atomic mass is 35.5. The third kappa shape index (κ3) is 4.53. The van der Waals surface area contributed by atoms with Crippen molar-refractivity contribution < 1.29 is 17.9 Å². The number of rotatable bonds is 6. The monoisotopic (exact) mass is 462 g/mol. The van der Waals surface area contributed by atoms with Gasteiger partial charge in [-0.1, -0.05) is 36.6 Å². The summed E-state index contributed by atoms with van der Waals surface area (Å²) in [6.07, 6.45) is 6.78. The van der Waals surface area contributed by atoms with Gasteiger partial charge in [0, 0.05) is 18.2 Å². The predicted molar refractivity (Wildman–Crippen MR) is 121 cm³/mol. The Labute approximate surface area is 188 Å². The topological polar surface area (TPSA) is 75.7 Å². The van der Waals surface area contributed by atoms with Crippen molar-refractivity contribution in [1.29, 1.82) is 0 Å². The second kappa shape index (κ2) is 9.09. The number of likely N-dealkylation sites (tertiary alicyclic amines) is 1. The zero-order valence-corrected chi connectivity index (χ0v) is 19.1. The van der Waals surface area contributed by atoms with Crippen molar-refractivity contribution in [3.63, 3.8) is 0 Å². The molecule has 1 atom stereocenters. The van der Waals surface area contributed by atoms with E-state index in [0.29, 0.717) is 29.5 Å². The van der Waals surface area contributed by atoms with Gasteiger partial charge in [0.15, 0.2) is 0 Å². The molecular formula is C23H27ClN2O4S. The van der Waals surface area contributed by atoms with E-state index in [1.54, 1.807) is 30.3 Å². The van der Waals surface area contributed by atoms with Crippen LogP contribution in [0.1, 0.15) is 48.9 Å². The molecule has 1 heterocycles. The molecule has 1 unspecified atom stereocenters. The van der Waals surface area contributed by atoms with Gasteiger partial charge in [0.1, 0.15) is 10.6 Å². The van der Waals surface area contributed by atoms with Gasteiger partial charge in [-0.25, -0.2) is 8.42 Å². The summed E-state index contributed by atoms with van der Waals surface area (Å²) in [4.78, 5) is 15.1. The van der Waals surface area contributed by atoms with Crippen LogP contribution < -0.4 is 9.46 Å². The maximum Gasteiger partial charge on any atom is 0.263 e. The van der Waals surface area contributed by atoms with Crippen LogP contribution in [0.15, 0.2) is 47.4 Å². The summed E-state index contributed by atoms with van der Waals surface area (Å²) in [6, 6.07) is 11.4. The average Bonchev–Trinajstić information content (AvgIpc) is 3.45. The maximum absolute atomic E-state index is 13.3. The Hall–Kier alpha value is -2.25. The smallest absolute Gasteiger partial charge is 0.263 e. The second-order valence-corrected chi connectivity index (χ2v) is 10.3. The number of nitrogens with zero attached hydrogens (tertiary/aromatic N) is 1. The molecule has 8 heteroatoms. The molecule has 1 aliphatic carbocycles. The maximum atomic E-state index is 13.3. The van der Waals surface area contributed by atoms with Crippen LogP contribution in [-0.4, -0.2) is 38.9 Å². The zero-order chi connectivity index (χ0) is 22.0. The van der Waals surface area contributed by atoms with Crippen molar-refractivity contribution in [1.82, 2.24) is 4.90 Å². The van der Waals surface area contributed by atoms with E-state index >= 15 is 0 Å². The van der Waals surface area contributed by atoms with Gasteiger partial charge in [-0.2, -0.15) is 0 Å². The summed E-state index contributed by atoms with van der Waals surface area (Å²) < 4.78 is 33.9. The van der Waals surface area contributed by atoms with E-state index in [1.807, 2.05) is 4.90 Å². The molecule has 1 N–H and O–H groups in total.